The number of aromatic nitrogens is 4. The number of azo groups is 1. The number of imidazole rings is 1. The standard InChI is InChI=1S/C21H24N8O6/c1-2-23-19(32)16-14(30)15(31)20(35-16)29-9-24-13-17(22)26-21(27-18(13)29)28-25-8-10-3-4-11-12(7-10)34-6-5-33-11/h3-4,7,9,14-16,20,30-31H,2,5-6,8H2,1H3,(H,23,32)(H2,22,26,27)/t14-,15+,16-,20+/m0/s1. The number of carbonyl (C=O) groups excluding carboxylic acids is 1. The largest absolute Gasteiger partial charge is 0.486 e. The van der Waals surface area contributed by atoms with Crippen molar-refractivity contribution in [3.8, 4) is 11.5 Å². The average molecular weight is 484 g/mol. The Labute approximate surface area is 198 Å². The monoisotopic (exact) mass is 484 g/mol. The van der Waals surface area contributed by atoms with Gasteiger partial charge in [0.25, 0.3) is 11.9 Å². The number of hydrogen-bond donors (Lipinski definition) is 4. The molecule has 0 radical (unpaired) electrons. The van der Waals surface area contributed by atoms with E-state index in [1.165, 1.54) is 10.9 Å². The van der Waals surface area contributed by atoms with Crippen LogP contribution in [0, 0.1) is 0 Å². The number of amides is 1. The molecule has 0 unspecified atom stereocenters. The Balaban J connectivity index is 1.37. The molecule has 5 N–H and O–H groups in total. The zero-order valence-corrected chi connectivity index (χ0v) is 18.7. The molecule has 4 atom stereocenters. The van der Waals surface area contributed by atoms with Gasteiger partial charge >= 0.3 is 0 Å². The van der Waals surface area contributed by atoms with Crippen molar-refractivity contribution in [2.45, 2.75) is 38.0 Å². The van der Waals surface area contributed by atoms with Crippen molar-refractivity contribution in [3.05, 3.63) is 30.1 Å². The van der Waals surface area contributed by atoms with Crippen molar-refractivity contribution < 1.29 is 29.2 Å². The van der Waals surface area contributed by atoms with Gasteiger partial charge in [0.1, 0.15) is 30.9 Å². The first-order chi connectivity index (χ1) is 17.0. The third kappa shape index (κ3) is 4.34. The Morgan fingerprint density at radius 3 is 2.83 bits per heavy atom. The average Bonchev–Trinajstić information content (AvgIpc) is 3.40. The van der Waals surface area contributed by atoms with Gasteiger partial charge in [0.2, 0.25) is 0 Å². The Morgan fingerprint density at radius 1 is 1.23 bits per heavy atom. The number of likely N-dealkylation sites (N-methyl/N-ethyl adjacent to an activating group) is 1. The molecule has 1 amide bonds. The van der Waals surface area contributed by atoms with E-state index < -0.39 is 30.4 Å². The fourth-order valence-electron chi connectivity index (χ4n) is 3.90. The number of rotatable bonds is 6. The molecule has 1 aromatic carbocycles. The van der Waals surface area contributed by atoms with Gasteiger partial charge in [-0.1, -0.05) is 6.07 Å². The van der Waals surface area contributed by atoms with Crippen LogP contribution >= 0.6 is 0 Å². The minimum atomic E-state index is -1.44. The number of ether oxygens (including phenoxy) is 3. The highest BCUT2D eigenvalue weighted by Crippen LogP contribution is 2.33. The smallest absolute Gasteiger partial charge is 0.272 e. The molecule has 2 aliphatic rings. The van der Waals surface area contributed by atoms with Crippen LogP contribution in [-0.4, -0.2) is 73.7 Å². The van der Waals surface area contributed by atoms with Crippen molar-refractivity contribution in [2.75, 3.05) is 25.5 Å². The molecule has 2 aliphatic heterocycles. The summed E-state index contributed by atoms with van der Waals surface area (Å²) in [7, 11) is 0. The second-order valence-corrected chi connectivity index (χ2v) is 7.93. The minimum absolute atomic E-state index is 0.0254. The van der Waals surface area contributed by atoms with Crippen molar-refractivity contribution >= 4 is 28.8 Å². The first-order valence-corrected chi connectivity index (χ1v) is 11.0. The third-order valence-electron chi connectivity index (χ3n) is 5.58. The molecule has 14 heteroatoms. The highest BCUT2D eigenvalue weighted by atomic mass is 16.6. The summed E-state index contributed by atoms with van der Waals surface area (Å²) >= 11 is 0. The van der Waals surface area contributed by atoms with Crippen LogP contribution in [0.15, 0.2) is 34.8 Å². The van der Waals surface area contributed by atoms with Gasteiger partial charge in [-0.05, 0) is 24.6 Å². The van der Waals surface area contributed by atoms with E-state index in [0.717, 1.165) is 5.56 Å². The molecule has 0 saturated carbocycles. The number of nitrogens with zero attached hydrogens (tertiary/aromatic N) is 6. The summed E-state index contributed by atoms with van der Waals surface area (Å²) in [5.41, 5.74) is 7.34. The normalized spacial score (nSPS) is 23.7. The van der Waals surface area contributed by atoms with E-state index in [2.05, 4.69) is 30.5 Å². The molecule has 184 valence electrons. The maximum atomic E-state index is 12.2. The first-order valence-electron chi connectivity index (χ1n) is 11.0. The van der Waals surface area contributed by atoms with Crippen LogP contribution in [0.3, 0.4) is 0 Å². The summed E-state index contributed by atoms with van der Waals surface area (Å²) < 4.78 is 18.1. The van der Waals surface area contributed by atoms with Crippen molar-refractivity contribution in [3.63, 3.8) is 0 Å². The summed E-state index contributed by atoms with van der Waals surface area (Å²) in [5, 5.41) is 31.6. The van der Waals surface area contributed by atoms with Gasteiger partial charge in [-0.3, -0.25) is 9.36 Å². The van der Waals surface area contributed by atoms with Crippen LogP contribution < -0.4 is 20.5 Å². The first kappa shape index (κ1) is 22.9. The number of fused-ring (bicyclic) bond motifs is 2. The number of nitrogens with two attached hydrogens (primary N) is 1. The molecule has 2 aromatic heterocycles. The van der Waals surface area contributed by atoms with E-state index in [1.807, 2.05) is 18.2 Å². The van der Waals surface area contributed by atoms with Gasteiger partial charge in [0.15, 0.2) is 35.3 Å². The topological polar surface area (TPSA) is 192 Å². The molecule has 0 bridgehead atoms. The summed E-state index contributed by atoms with van der Waals surface area (Å²) in [5.74, 6) is 0.826. The number of aliphatic hydroxyl groups excluding tert-OH is 2. The third-order valence-corrected chi connectivity index (χ3v) is 5.58. The molecule has 3 aromatic rings. The lowest BCUT2D eigenvalue weighted by Crippen LogP contribution is -2.42. The maximum Gasteiger partial charge on any atom is 0.272 e. The molecule has 1 fully saturated rings. The van der Waals surface area contributed by atoms with E-state index in [9.17, 15) is 15.0 Å². The van der Waals surface area contributed by atoms with Gasteiger partial charge in [-0.25, -0.2) is 4.98 Å². The molecule has 0 aliphatic carbocycles. The lowest BCUT2D eigenvalue weighted by atomic mass is 10.1. The number of benzene rings is 1. The molecule has 1 saturated heterocycles. The highest BCUT2D eigenvalue weighted by molar-refractivity contribution is 5.83. The SMILES string of the molecule is CCNC(=O)[C@H]1O[C@@H](n2cnc3c(N)nc(N=NCc4ccc5c(c4)OCCO5)nc32)[C@H](O)[C@@H]1O. The van der Waals surface area contributed by atoms with Crippen LogP contribution in [0.2, 0.25) is 0 Å². The van der Waals surface area contributed by atoms with Crippen LogP contribution in [0.5, 0.6) is 11.5 Å². The number of carbonyl (C=O) groups is 1. The van der Waals surface area contributed by atoms with Gasteiger partial charge in [0.05, 0.1) is 12.9 Å². The van der Waals surface area contributed by atoms with Gasteiger partial charge in [-0.2, -0.15) is 15.1 Å². The molecule has 5 rings (SSSR count). The lowest BCUT2D eigenvalue weighted by molar-refractivity contribution is -0.137. The number of nitrogen functional groups attached to an aromatic ring is 1. The molecule has 4 heterocycles. The van der Waals surface area contributed by atoms with E-state index >= 15 is 0 Å². The Hall–Kier alpha value is -3.88. The van der Waals surface area contributed by atoms with E-state index in [1.54, 1.807) is 6.92 Å². The van der Waals surface area contributed by atoms with Crippen molar-refractivity contribution in [1.82, 2.24) is 24.8 Å². The number of hydrogen-bond acceptors (Lipinski definition) is 12. The van der Waals surface area contributed by atoms with Gasteiger partial charge in [0, 0.05) is 6.54 Å². The molecule has 35 heavy (non-hydrogen) atoms. The second-order valence-electron chi connectivity index (χ2n) is 7.93. The van der Waals surface area contributed by atoms with Crippen LogP contribution in [0.4, 0.5) is 11.8 Å². The number of anilines is 1. The number of nitrogens with one attached hydrogen (secondary N) is 1. The lowest BCUT2D eigenvalue weighted by Gasteiger charge is -2.18. The molecule has 14 nitrogen and oxygen atoms in total. The van der Waals surface area contributed by atoms with Crippen LogP contribution in [0.1, 0.15) is 18.7 Å². The van der Waals surface area contributed by atoms with E-state index in [-0.39, 0.29) is 29.5 Å². The summed E-state index contributed by atoms with van der Waals surface area (Å²) in [4.78, 5) is 24.8. The zero-order chi connectivity index (χ0) is 24.5. The number of aliphatic hydroxyl groups is 2. The van der Waals surface area contributed by atoms with Gasteiger partial charge < -0.3 is 35.5 Å². The predicted molar refractivity (Wildman–Crippen MR) is 120 cm³/mol. The zero-order valence-electron chi connectivity index (χ0n) is 18.7. The maximum absolute atomic E-state index is 12.2. The van der Waals surface area contributed by atoms with Crippen LogP contribution in [-0.2, 0) is 16.1 Å². The fraction of sp³-hybridized carbons (Fsp3) is 0.429. The summed E-state index contributed by atoms with van der Waals surface area (Å²) in [6.45, 7) is 3.32. The fourth-order valence-corrected chi connectivity index (χ4v) is 3.90. The summed E-state index contributed by atoms with van der Waals surface area (Å²) in [6, 6.07) is 5.50. The molecular formula is C21H24N8O6. The Kier molecular flexibility index (Phi) is 6.15. The molecular weight excluding hydrogens is 460 g/mol. The highest BCUT2D eigenvalue weighted by Gasteiger charge is 2.47. The Bertz CT molecular complexity index is 1280. The predicted octanol–water partition coefficient (Wildman–Crippen LogP) is 0.219. The van der Waals surface area contributed by atoms with Gasteiger partial charge in [-0.15, -0.1) is 5.11 Å². The van der Waals surface area contributed by atoms with Crippen molar-refractivity contribution in [2.24, 2.45) is 10.2 Å². The Morgan fingerprint density at radius 2 is 2.03 bits per heavy atom. The van der Waals surface area contributed by atoms with E-state index in [4.69, 9.17) is 19.9 Å². The van der Waals surface area contributed by atoms with Crippen LogP contribution in [0.25, 0.3) is 11.2 Å². The molecule has 0 spiro atoms. The van der Waals surface area contributed by atoms with Crippen molar-refractivity contribution in [1.29, 1.82) is 0 Å². The quantitative estimate of drug-likeness (QED) is 0.352. The minimum Gasteiger partial charge on any atom is -0.486 e. The van der Waals surface area contributed by atoms with E-state index in [0.29, 0.717) is 31.3 Å². The summed E-state index contributed by atoms with van der Waals surface area (Å²) in [6.07, 6.45) is -3.88. The second kappa shape index (κ2) is 9.40.